The number of carboxylic acids is 1. The number of nitrogens with zero attached hydrogens (tertiary/aromatic N) is 1. The molecule has 21 heavy (non-hydrogen) atoms. The van der Waals surface area contributed by atoms with Crippen molar-refractivity contribution in [2.75, 3.05) is 0 Å². The Morgan fingerprint density at radius 3 is 2.19 bits per heavy atom. The molecule has 0 aromatic carbocycles. The highest BCUT2D eigenvalue weighted by atomic mass is 16.4. The minimum Gasteiger partial charge on any atom is -0.480 e. The molecule has 0 bridgehead atoms. The van der Waals surface area contributed by atoms with E-state index in [2.05, 4.69) is 5.32 Å². The van der Waals surface area contributed by atoms with E-state index in [4.69, 9.17) is 5.11 Å². The SMILES string of the molecule is CC(C)C(NC(=O)C(C(C)C)n1ccccc1=O)C(=O)O. The molecule has 1 rings (SSSR count). The van der Waals surface area contributed by atoms with Crippen molar-refractivity contribution in [3.05, 3.63) is 34.7 Å². The van der Waals surface area contributed by atoms with E-state index in [0.29, 0.717) is 0 Å². The van der Waals surface area contributed by atoms with Crippen molar-refractivity contribution in [1.82, 2.24) is 9.88 Å². The molecule has 1 heterocycles. The van der Waals surface area contributed by atoms with Gasteiger partial charge in [-0.05, 0) is 17.9 Å². The molecule has 0 spiro atoms. The van der Waals surface area contributed by atoms with Crippen LogP contribution in [0.1, 0.15) is 33.7 Å². The first-order valence-corrected chi connectivity index (χ1v) is 6.96. The van der Waals surface area contributed by atoms with E-state index >= 15 is 0 Å². The lowest BCUT2D eigenvalue weighted by molar-refractivity contribution is -0.143. The minimum absolute atomic E-state index is 0.147. The Morgan fingerprint density at radius 2 is 1.76 bits per heavy atom. The van der Waals surface area contributed by atoms with Gasteiger partial charge in [0.1, 0.15) is 12.1 Å². The van der Waals surface area contributed by atoms with Gasteiger partial charge in [-0.15, -0.1) is 0 Å². The molecule has 1 aromatic rings. The fraction of sp³-hybridized carbons (Fsp3) is 0.533. The van der Waals surface area contributed by atoms with E-state index in [0.717, 1.165) is 0 Å². The highest BCUT2D eigenvalue weighted by Gasteiger charge is 2.30. The van der Waals surface area contributed by atoms with Gasteiger partial charge in [0.25, 0.3) is 5.56 Å². The predicted molar refractivity (Wildman–Crippen MR) is 79.0 cm³/mol. The second-order valence-corrected chi connectivity index (χ2v) is 5.70. The van der Waals surface area contributed by atoms with Crippen LogP contribution >= 0.6 is 0 Å². The van der Waals surface area contributed by atoms with E-state index in [1.807, 2.05) is 13.8 Å². The van der Waals surface area contributed by atoms with Crippen molar-refractivity contribution >= 4 is 11.9 Å². The van der Waals surface area contributed by atoms with Gasteiger partial charge in [-0.2, -0.15) is 0 Å². The molecule has 0 radical (unpaired) electrons. The minimum atomic E-state index is -1.08. The van der Waals surface area contributed by atoms with Crippen molar-refractivity contribution in [2.24, 2.45) is 11.8 Å². The van der Waals surface area contributed by atoms with E-state index in [-0.39, 0.29) is 17.4 Å². The zero-order valence-electron chi connectivity index (χ0n) is 12.7. The lowest BCUT2D eigenvalue weighted by Gasteiger charge is -2.26. The molecule has 0 saturated heterocycles. The van der Waals surface area contributed by atoms with Crippen LogP contribution in [0.2, 0.25) is 0 Å². The number of aromatic nitrogens is 1. The van der Waals surface area contributed by atoms with Crippen molar-refractivity contribution < 1.29 is 14.7 Å². The second-order valence-electron chi connectivity index (χ2n) is 5.70. The van der Waals surface area contributed by atoms with E-state index < -0.39 is 24.0 Å². The van der Waals surface area contributed by atoms with Crippen LogP contribution in [-0.2, 0) is 9.59 Å². The smallest absolute Gasteiger partial charge is 0.326 e. The number of rotatable bonds is 6. The molecule has 0 aliphatic rings. The summed E-state index contributed by atoms with van der Waals surface area (Å²) in [6.45, 7) is 7.07. The second kappa shape index (κ2) is 7.06. The van der Waals surface area contributed by atoms with Gasteiger partial charge in [-0.3, -0.25) is 9.59 Å². The molecule has 0 aliphatic carbocycles. The van der Waals surface area contributed by atoms with Gasteiger partial charge in [0.15, 0.2) is 0 Å². The molecule has 0 aliphatic heterocycles. The monoisotopic (exact) mass is 294 g/mol. The van der Waals surface area contributed by atoms with Crippen LogP contribution in [0, 0.1) is 11.8 Å². The van der Waals surface area contributed by atoms with Gasteiger partial charge in [0, 0.05) is 12.3 Å². The van der Waals surface area contributed by atoms with E-state index in [9.17, 15) is 14.4 Å². The molecule has 6 nitrogen and oxygen atoms in total. The van der Waals surface area contributed by atoms with Crippen LogP contribution in [0.15, 0.2) is 29.2 Å². The van der Waals surface area contributed by atoms with Crippen LogP contribution in [-0.4, -0.2) is 27.6 Å². The number of amides is 1. The highest BCUT2D eigenvalue weighted by molar-refractivity contribution is 5.86. The first kappa shape index (κ1) is 16.9. The van der Waals surface area contributed by atoms with Crippen LogP contribution in [0.3, 0.4) is 0 Å². The number of nitrogens with one attached hydrogen (secondary N) is 1. The van der Waals surface area contributed by atoms with Crippen molar-refractivity contribution in [3.8, 4) is 0 Å². The first-order chi connectivity index (χ1) is 9.75. The fourth-order valence-electron chi connectivity index (χ4n) is 2.17. The lowest BCUT2D eigenvalue weighted by atomic mass is 10.00. The number of aliphatic carboxylic acids is 1. The predicted octanol–water partition coefficient (Wildman–Crippen LogP) is 1.27. The largest absolute Gasteiger partial charge is 0.480 e. The maximum absolute atomic E-state index is 12.4. The number of hydrogen-bond acceptors (Lipinski definition) is 3. The summed E-state index contributed by atoms with van der Waals surface area (Å²) in [5.74, 6) is -1.93. The third-order valence-electron chi connectivity index (χ3n) is 3.28. The maximum Gasteiger partial charge on any atom is 0.326 e. The molecule has 6 heteroatoms. The normalized spacial score (nSPS) is 14.0. The number of carbonyl (C=O) groups is 2. The van der Waals surface area contributed by atoms with Crippen LogP contribution in [0.4, 0.5) is 0 Å². The van der Waals surface area contributed by atoms with Crippen LogP contribution in [0.25, 0.3) is 0 Å². The quantitative estimate of drug-likeness (QED) is 0.827. The fourth-order valence-corrected chi connectivity index (χ4v) is 2.17. The molecule has 2 N–H and O–H groups in total. The average molecular weight is 294 g/mol. The highest BCUT2D eigenvalue weighted by Crippen LogP contribution is 2.17. The molecule has 1 amide bonds. The van der Waals surface area contributed by atoms with Gasteiger partial charge >= 0.3 is 5.97 Å². The summed E-state index contributed by atoms with van der Waals surface area (Å²) in [5.41, 5.74) is -0.289. The molecular weight excluding hydrogens is 272 g/mol. The van der Waals surface area contributed by atoms with Gasteiger partial charge in [0.2, 0.25) is 5.91 Å². The summed E-state index contributed by atoms with van der Waals surface area (Å²) in [7, 11) is 0. The molecule has 2 unspecified atom stereocenters. The summed E-state index contributed by atoms with van der Waals surface area (Å²) in [6, 6.07) is 2.93. The molecule has 1 aromatic heterocycles. The Hall–Kier alpha value is -2.11. The molecule has 2 atom stereocenters. The van der Waals surface area contributed by atoms with Crippen LogP contribution < -0.4 is 10.9 Å². The zero-order chi connectivity index (χ0) is 16.2. The van der Waals surface area contributed by atoms with Gasteiger partial charge < -0.3 is 15.0 Å². The van der Waals surface area contributed by atoms with Crippen molar-refractivity contribution in [1.29, 1.82) is 0 Å². The zero-order valence-corrected chi connectivity index (χ0v) is 12.7. The molecule has 116 valence electrons. The average Bonchev–Trinajstić information content (AvgIpc) is 2.37. The number of pyridine rings is 1. The number of carboxylic acid groups (broad SMARTS) is 1. The van der Waals surface area contributed by atoms with E-state index in [1.165, 1.54) is 16.8 Å². The Morgan fingerprint density at radius 1 is 1.14 bits per heavy atom. The third kappa shape index (κ3) is 4.18. The van der Waals surface area contributed by atoms with E-state index in [1.54, 1.807) is 26.0 Å². The summed E-state index contributed by atoms with van der Waals surface area (Å²) >= 11 is 0. The van der Waals surface area contributed by atoms with Crippen LogP contribution in [0.5, 0.6) is 0 Å². The van der Waals surface area contributed by atoms with Crippen molar-refractivity contribution in [2.45, 2.75) is 39.8 Å². The Bertz CT molecular complexity index is 563. The Balaban J connectivity index is 3.07. The molecule has 0 fully saturated rings. The van der Waals surface area contributed by atoms with Crippen molar-refractivity contribution in [3.63, 3.8) is 0 Å². The Kier molecular flexibility index (Phi) is 5.69. The lowest BCUT2D eigenvalue weighted by Crippen LogP contribution is -2.49. The number of carbonyl (C=O) groups excluding carboxylic acids is 1. The third-order valence-corrected chi connectivity index (χ3v) is 3.28. The van der Waals surface area contributed by atoms with Gasteiger partial charge in [-0.25, -0.2) is 4.79 Å². The number of hydrogen-bond donors (Lipinski definition) is 2. The maximum atomic E-state index is 12.4. The topological polar surface area (TPSA) is 88.4 Å². The summed E-state index contributed by atoms with van der Waals surface area (Å²) < 4.78 is 1.33. The summed E-state index contributed by atoms with van der Waals surface area (Å²) in [4.78, 5) is 35.5. The van der Waals surface area contributed by atoms with Gasteiger partial charge in [0.05, 0.1) is 0 Å². The first-order valence-electron chi connectivity index (χ1n) is 6.96. The Labute approximate surface area is 123 Å². The molecular formula is C15H22N2O4. The van der Waals surface area contributed by atoms with Gasteiger partial charge in [-0.1, -0.05) is 33.8 Å². The summed E-state index contributed by atoms with van der Waals surface area (Å²) in [5, 5.41) is 11.7. The standard InChI is InChI=1S/C15H22N2O4/c1-9(2)12(15(20)21)16-14(19)13(10(3)4)17-8-6-5-7-11(17)18/h5-10,12-13H,1-4H3,(H,16,19)(H,20,21). The summed E-state index contributed by atoms with van der Waals surface area (Å²) in [6.07, 6.45) is 1.54. The molecule has 0 saturated carbocycles.